The normalized spacial score (nSPS) is 13.8. The van der Waals surface area contributed by atoms with Crippen molar-refractivity contribution in [3.8, 4) is 22.4 Å². The van der Waals surface area contributed by atoms with E-state index in [2.05, 4.69) is 9.97 Å². The SMILES string of the molecule is Cn1ccc2cc(-c3ccc(F)cc3-c3nc(N(C(=O)C(CC(=O)O)Cc4ccccc4)C4CC4)sc3F)cnc21. The van der Waals surface area contributed by atoms with Crippen molar-refractivity contribution in [2.24, 2.45) is 13.0 Å². The molecule has 5 aromatic rings. The number of halogens is 2. The van der Waals surface area contributed by atoms with Gasteiger partial charge < -0.3 is 9.67 Å². The number of amides is 1. The molecular weight excluding hydrogens is 546 g/mol. The van der Waals surface area contributed by atoms with Crippen molar-refractivity contribution in [1.82, 2.24) is 14.5 Å². The van der Waals surface area contributed by atoms with Crippen molar-refractivity contribution >= 4 is 39.4 Å². The number of carboxylic acid groups (broad SMARTS) is 1. The zero-order valence-corrected chi connectivity index (χ0v) is 22.9. The summed E-state index contributed by atoms with van der Waals surface area (Å²) in [4.78, 5) is 36.0. The molecule has 1 unspecified atom stereocenters. The number of hydrogen-bond donors (Lipinski definition) is 1. The number of carboxylic acids is 1. The number of fused-ring (bicyclic) bond motifs is 1. The van der Waals surface area contributed by atoms with Gasteiger partial charge in [-0.1, -0.05) is 47.7 Å². The Balaban J connectivity index is 1.38. The van der Waals surface area contributed by atoms with Crippen LogP contribution in [0.3, 0.4) is 0 Å². The highest BCUT2D eigenvalue weighted by atomic mass is 32.1. The largest absolute Gasteiger partial charge is 0.481 e. The Morgan fingerprint density at radius 1 is 1.10 bits per heavy atom. The molecule has 3 aromatic heterocycles. The summed E-state index contributed by atoms with van der Waals surface area (Å²) < 4.78 is 32.0. The highest BCUT2D eigenvalue weighted by Gasteiger charge is 2.40. The first-order valence-corrected chi connectivity index (χ1v) is 14.1. The molecule has 7 nitrogen and oxygen atoms in total. The predicted molar refractivity (Wildman–Crippen MR) is 154 cm³/mol. The van der Waals surface area contributed by atoms with Crippen molar-refractivity contribution in [2.45, 2.75) is 31.7 Å². The summed E-state index contributed by atoms with van der Waals surface area (Å²) in [5.41, 5.74) is 3.03. The highest BCUT2D eigenvalue weighted by molar-refractivity contribution is 7.14. The van der Waals surface area contributed by atoms with E-state index in [0.29, 0.717) is 35.3 Å². The van der Waals surface area contributed by atoms with Gasteiger partial charge in [-0.25, -0.2) is 14.4 Å². The second-order valence-corrected chi connectivity index (χ2v) is 11.2. The number of carbonyl (C=O) groups is 2. The number of carbonyl (C=O) groups excluding carboxylic acids is 1. The molecule has 1 fully saturated rings. The first-order chi connectivity index (χ1) is 19.8. The van der Waals surface area contributed by atoms with Crippen LogP contribution in [-0.2, 0) is 23.1 Å². The third-order valence-electron chi connectivity index (χ3n) is 7.28. The van der Waals surface area contributed by atoms with Gasteiger partial charge in [0.05, 0.1) is 12.3 Å². The monoisotopic (exact) mass is 572 g/mol. The lowest BCUT2D eigenvalue weighted by Gasteiger charge is -2.24. The zero-order chi connectivity index (χ0) is 28.7. The third kappa shape index (κ3) is 5.47. The van der Waals surface area contributed by atoms with Crippen LogP contribution in [0.2, 0.25) is 0 Å². The first-order valence-electron chi connectivity index (χ1n) is 13.2. The Bertz CT molecular complexity index is 1760. The number of benzene rings is 2. The van der Waals surface area contributed by atoms with Gasteiger partial charge in [0, 0.05) is 42.0 Å². The molecule has 1 aliphatic carbocycles. The van der Waals surface area contributed by atoms with Crippen LogP contribution in [-0.4, -0.2) is 37.6 Å². The second kappa shape index (κ2) is 10.9. The number of aryl methyl sites for hydroxylation is 1. The number of anilines is 1. The van der Waals surface area contributed by atoms with Gasteiger partial charge in [0.25, 0.3) is 0 Å². The van der Waals surface area contributed by atoms with E-state index in [0.717, 1.165) is 16.6 Å². The quantitative estimate of drug-likeness (QED) is 0.219. The zero-order valence-electron chi connectivity index (χ0n) is 22.1. The van der Waals surface area contributed by atoms with Crippen molar-refractivity contribution in [3.63, 3.8) is 0 Å². The first kappa shape index (κ1) is 26.8. The van der Waals surface area contributed by atoms with Crippen LogP contribution in [0.4, 0.5) is 13.9 Å². The van der Waals surface area contributed by atoms with Crippen molar-refractivity contribution in [2.75, 3.05) is 4.90 Å². The van der Waals surface area contributed by atoms with E-state index in [1.807, 2.05) is 60.3 Å². The van der Waals surface area contributed by atoms with E-state index in [4.69, 9.17) is 0 Å². The smallest absolute Gasteiger partial charge is 0.304 e. The second-order valence-electron chi connectivity index (χ2n) is 10.3. The molecule has 3 heterocycles. The summed E-state index contributed by atoms with van der Waals surface area (Å²) in [5.74, 6) is -2.89. The molecule has 0 bridgehead atoms. The van der Waals surface area contributed by atoms with E-state index < -0.39 is 28.7 Å². The molecule has 1 atom stereocenters. The van der Waals surface area contributed by atoms with Gasteiger partial charge in [0.2, 0.25) is 11.0 Å². The van der Waals surface area contributed by atoms with Crippen molar-refractivity contribution in [1.29, 1.82) is 0 Å². The lowest BCUT2D eigenvalue weighted by Crippen LogP contribution is -2.39. The Morgan fingerprint density at radius 3 is 2.61 bits per heavy atom. The number of nitrogens with zero attached hydrogens (tertiary/aromatic N) is 4. The lowest BCUT2D eigenvalue weighted by atomic mass is 9.94. The van der Waals surface area contributed by atoms with Gasteiger partial charge in [-0.05, 0) is 54.7 Å². The van der Waals surface area contributed by atoms with Gasteiger partial charge in [0.15, 0.2) is 5.13 Å². The average Bonchev–Trinajstić information content (AvgIpc) is 3.61. The van der Waals surface area contributed by atoms with Crippen LogP contribution in [0.1, 0.15) is 24.8 Å². The molecule has 1 N–H and O–H groups in total. The maximum atomic E-state index is 15.6. The molecule has 1 aliphatic rings. The molecule has 10 heteroatoms. The Hall–Kier alpha value is -4.44. The average molecular weight is 573 g/mol. The molecular formula is C31H26F2N4O3S. The van der Waals surface area contributed by atoms with Crippen molar-refractivity contribution < 1.29 is 23.5 Å². The fourth-order valence-corrected chi connectivity index (χ4v) is 6.03. The number of aliphatic carboxylic acids is 1. The van der Waals surface area contributed by atoms with E-state index in [1.165, 1.54) is 17.0 Å². The minimum absolute atomic E-state index is 0.0658. The van der Waals surface area contributed by atoms with Gasteiger partial charge in [-0.2, -0.15) is 4.39 Å². The predicted octanol–water partition coefficient (Wildman–Crippen LogP) is 6.47. The fraction of sp³-hybridized carbons (Fsp3) is 0.226. The Morgan fingerprint density at radius 2 is 1.88 bits per heavy atom. The summed E-state index contributed by atoms with van der Waals surface area (Å²) in [6.07, 6.45) is 4.84. The summed E-state index contributed by atoms with van der Waals surface area (Å²) in [6, 6.07) is 17.0. The molecule has 0 aliphatic heterocycles. The minimum atomic E-state index is -1.09. The van der Waals surface area contributed by atoms with Gasteiger partial charge in [0.1, 0.15) is 17.2 Å². The third-order valence-corrected chi connectivity index (χ3v) is 8.12. The standard InChI is InChI=1S/C31H26F2N4O3S/c1-36-12-11-19-14-21(17-34-29(19)36)24-10-7-22(32)16-25(24)27-28(33)41-31(35-27)37(23-8-9-23)30(40)20(15-26(38)39)13-18-5-3-2-4-6-18/h2-7,10-12,14,16-17,20,23H,8-9,13,15H2,1H3,(H,38,39). The summed E-state index contributed by atoms with van der Waals surface area (Å²) >= 11 is 0.711. The molecule has 208 valence electrons. The number of thiazole rings is 1. The minimum Gasteiger partial charge on any atom is -0.481 e. The van der Waals surface area contributed by atoms with Crippen LogP contribution >= 0.6 is 11.3 Å². The van der Waals surface area contributed by atoms with E-state index in [9.17, 15) is 19.1 Å². The molecule has 0 spiro atoms. The van der Waals surface area contributed by atoms with Gasteiger partial charge in [-0.3, -0.25) is 14.5 Å². The van der Waals surface area contributed by atoms with Crippen LogP contribution in [0.5, 0.6) is 0 Å². The van der Waals surface area contributed by atoms with Crippen molar-refractivity contribution in [3.05, 3.63) is 89.6 Å². The molecule has 0 radical (unpaired) electrons. The molecule has 6 rings (SSSR count). The molecule has 2 aromatic carbocycles. The van der Waals surface area contributed by atoms with E-state index >= 15 is 4.39 Å². The summed E-state index contributed by atoms with van der Waals surface area (Å²) in [7, 11) is 1.89. The Kier molecular flexibility index (Phi) is 7.08. The van der Waals surface area contributed by atoms with E-state index in [1.54, 1.807) is 12.3 Å². The number of rotatable bonds is 9. The number of pyridine rings is 1. The number of aromatic nitrogens is 3. The number of hydrogen-bond acceptors (Lipinski definition) is 5. The van der Waals surface area contributed by atoms with Crippen LogP contribution < -0.4 is 4.90 Å². The molecule has 1 amide bonds. The summed E-state index contributed by atoms with van der Waals surface area (Å²) in [5, 5.41) is 9.93. The molecule has 41 heavy (non-hydrogen) atoms. The fourth-order valence-electron chi connectivity index (χ4n) is 5.14. The van der Waals surface area contributed by atoms with Gasteiger partial charge >= 0.3 is 5.97 Å². The molecule has 0 saturated heterocycles. The molecule has 1 saturated carbocycles. The highest BCUT2D eigenvalue weighted by Crippen LogP contribution is 2.41. The van der Waals surface area contributed by atoms with Crippen LogP contribution in [0, 0.1) is 16.9 Å². The maximum Gasteiger partial charge on any atom is 0.304 e. The van der Waals surface area contributed by atoms with Gasteiger partial charge in [-0.15, -0.1) is 0 Å². The van der Waals surface area contributed by atoms with Crippen LogP contribution in [0.25, 0.3) is 33.4 Å². The van der Waals surface area contributed by atoms with E-state index in [-0.39, 0.29) is 35.3 Å². The topological polar surface area (TPSA) is 88.3 Å². The maximum absolute atomic E-state index is 15.6. The van der Waals surface area contributed by atoms with Crippen LogP contribution in [0.15, 0.2) is 73.1 Å². The summed E-state index contributed by atoms with van der Waals surface area (Å²) in [6.45, 7) is 0. The lowest BCUT2D eigenvalue weighted by molar-refractivity contribution is -0.140. The Labute approximate surface area is 238 Å².